The number of carboxylic acids is 1. The van der Waals surface area contributed by atoms with Gasteiger partial charge >= 0.3 is 11.9 Å². The van der Waals surface area contributed by atoms with Crippen LogP contribution < -0.4 is 9.62 Å². The summed E-state index contributed by atoms with van der Waals surface area (Å²) in [4.78, 5) is 25.2. The van der Waals surface area contributed by atoms with Gasteiger partial charge in [-0.2, -0.15) is 0 Å². The van der Waals surface area contributed by atoms with Crippen LogP contribution in [0.1, 0.15) is 31.9 Å². The molecule has 0 heterocycles. The summed E-state index contributed by atoms with van der Waals surface area (Å²) >= 11 is 0. The van der Waals surface area contributed by atoms with E-state index in [4.69, 9.17) is 0 Å². The average Bonchev–Trinajstić information content (AvgIpc) is 2.76. The third-order valence-corrected chi connectivity index (χ3v) is 5.90. The number of rotatable bonds is 6. The lowest BCUT2D eigenvalue weighted by molar-refractivity contribution is -0.148. The van der Waals surface area contributed by atoms with Crippen LogP contribution in [0.5, 0.6) is 0 Å². The summed E-state index contributed by atoms with van der Waals surface area (Å²) in [5.41, 5.74) is 4.57. The lowest BCUT2D eigenvalue weighted by atomic mass is 9.87. The van der Waals surface area contributed by atoms with Gasteiger partial charge in [-0.3, -0.25) is 14.4 Å². The Morgan fingerprint density at radius 3 is 1.79 bits per heavy atom. The molecule has 0 fully saturated rings. The number of carbonyl (C=O) groups is 2. The highest BCUT2D eigenvalue weighted by Gasteiger charge is 2.23. The van der Waals surface area contributed by atoms with Gasteiger partial charge in [0.1, 0.15) is 0 Å². The Bertz CT molecular complexity index is 1280. The minimum atomic E-state index is -3.36. The molecule has 0 saturated heterocycles. The third-order valence-electron chi connectivity index (χ3n) is 5.29. The maximum Gasteiger partial charge on any atom is 0.394 e. The van der Waals surface area contributed by atoms with E-state index >= 15 is 0 Å². The molecular formula is C26H28N2O5S. The normalized spacial score (nSPS) is 11.6. The van der Waals surface area contributed by atoms with E-state index in [1.807, 2.05) is 24.3 Å². The van der Waals surface area contributed by atoms with E-state index in [0.29, 0.717) is 11.4 Å². The molecule has 0 atom stereocenters. The van der Waals surface area contributed by atoms with Crippen molar-refractivity contribution < 1.29 is 23.1 Å². The van der Waals surface area contributed by atoms with Gasteiger partial charge in [0.05, 0.1) is 12.8 Å². The number of sulfonamides is 1. The predicted octanol–water partition coefficient (Wildman–Crippen LogP) is 4.64. The Morgan fingerprint density at radius 1 is 0.853 bits per heavy atom. The molecule has 3 aromatic carbocycles. The minimum Gasteiger partial charge on any atom is -0.474 e. The van der Waals surface area contributed by atoms with Crippen LogP contribution in [0.4, 0.5) is 11.4 Å². The Hall–Kier alpha value is -3.65. The zero-order valence-corrected chi connectivity index (χ0v) is 20.4. The first-order valence-corrected chi connectivity index (χ1v) is 12.6. The summed E-state index contributed by atoms with van der Waals surface area (Å²) in [7, 11) is -3.36. The second-order valence-corrected chi connectivity index (χ2v) is 10.9. The fourth-order valence-corrected chi connectivity index (χ4v) is 4.03. The number of nitrogens with zero attached hydrogens (tertiary/aromatic N) is 1. The van der Waals surface area contributed by atoms with Crippen molar-refractivity contribution in [2.75, 3.05) is 15.9 Å². The lowest BCUT2D eigenvalue weighted by Crippen LogP contribution is -2.36. The van der Waals surface area contributed by atoms with Gasteiger partial charge in [0, 0.05) is 11.4 Å². The van der Waals surface area contributed by atoms with Crippen molar-refractivity contribution in [3.05, 3.63) is 83.9 Å². The standard InChI is InChI=1S/C26H28N2O5S/c1-26(2,3)21-11-5-18(6-12-21)17-28(24(29)25(30)31)23-15-9-20(10-16-23)19-7-13-22(14-8-19)27-34(4,32)33/h5-16,27H,17H2,1-4H3,(H,30,31). The third kappa shape index (κ3) is 6.45. The highest BCUT2D eigenvalue weighted by Crippen LogP contribution is 2.27. The second kappa shape index (κ2) is 9.69. The van der Waals surface area contributed by atoms with Gasteiger partial charge in [-0.25, -0.2) is 13.2 Å². The Balaban J connectivity index is 1.84. The molecule has 0 aliphatic rings. The molecule has 0 bridgehead atoms. The van der Waals surface area contributed by atoms with E-state index < -0.39 is 21.9 Å². The van der Waals surface area contributed by atoms with Gasteiger partial charge < -0.3 is 5.11 Å². The summed E-state index contributed by atoms with van der Waals surface area (Å²) in [6.45, 7) is 6.46. The first kappa shape index (κ1) is 25.0. The summed E-state index contributed by atoms with van der Waals surface area (Å²) in [5.74, 6) is -2.53. The Labute approximate surface area is 200 Å². The molecule has 0 aliphatic heterocycles. The van der Waals surface area contributed by atoms with Crippen LogP contribution in [0.25, 0.3) is 11.1 Å². The van der Waals surface area contributed by atoms with Crippen molar-refractivity contribution in [2.45, 2.75) is 32.7 Å². The van der Waals surface area contributed by atoms with E-state index in [9.17, 15) is 23.1 Å². The molecule has 0 spiro atoms. The summed E-state index contributed by atoms with van der Waals surface area (Å²) < 4.78 is 25.1. The molecule has 0 saturated carbocycles. The van der Waals surface area contributed by atoms with Crippen LogP contribution in [0.15, 0.2) is 72.8 Å². The maximum absolute atomic E-state index is 12.5. The topological polar surface area (TPSA) is 104 Å². The molecule has 7 nitrogen and oxygen atoms in total. The van der Waals surface area contributed by atoms with Gasteiger partial charge in [-0.15, -0.1) is 0 Å². The van der Waals surface area contributed by atoms with E-state index in [-0.39, 0.29) is 12.0 Å². The summed E-state index contributed by atoms with van der Waals surface area (Å²) in [6, 6.07) is 21.6. The van der Waals surface area contributed by atoms with Gasteiger partial charge in [-0.05, 0) is 51.9 Å². The molecule has 0 unspecified atom stereocenters. The highest BCUT2D eigenvalue weighted by atomic mass is 32.2. The zero-order valence-electron chi connectivity index (χ0n) is 19.6. The molecule has 1 amide bonds. The molecule has 0 aliphatic carbocycles. The maximum atomic E-state index is 12.5. The van der Waals surface area contributed by atoms with Crippen LogP contribution in [-0.2, 0) is 31.6 Å². The Kier molecular flexibility index (Phi) is 7.12. The van der Waals surface area contributed by atoms with Crippen LogP contribution in [0, 0.1) is 0 Å². The number of aliphatic carboxylic acids is 1. The Morgan fingerprint density at radius 2 is 1.35 bits per heavy atom. The number of benzene rings is 3. The molecule has 3 aromatic rings. The van der Waals surface area contributed by atoms with Crippen LogP contribution in [-0.4, -0.2) is 31.7 Å². The number of hydrogen-bond donors (Lipinski definition) is 2. The molecule has 8 heteroatoms. The SMILES string of the molecule is CC(C)(C)c1ccc(CN(C(=O)C(=O)O)c2ccc(-c3ccc(NS(C)(=O)=O)cc3)cc2)cc1. The zero-order chi connectivity index (χ0) is 25.1. The predicted molar refractivity (Wildman–Crippen MR) is 134 cm³/mol. The van der Waals surface area contributed by atoms with Crippen LogP contribution in [0.2, 0.25) is 0 Å². The monoisotopic (exact) mass is 480 g/mol. The van der Waals surface area contributed by atoms with Gasteiger partial charge in [0.15, 0.2) is 0 Å². The molecule has 178 valence electrons. The van der Waals surface area contributed by atoms with E-state index in [1.54, 1.807) is 48.5 Å². The molecule has 3 rings (SSSR count). The largest absolute Gasteiger partial charge is 0.474 e. The smallest absolute Gasteiger partial charge is 0.394 e. The number of nitrogens with one attached hydrogen (secondary N) is 1. The number of carbonyl (C=O) groups excluding carboxylic acids is 1. The average molecular weight is 481 g/mol. The number of hydrogen-bond acceptors (Lipinski definition) is 4. The lowest BCUT2D eigenvalue weighted by Gasteiger charge is -2.23. The van der Waals surface area contributed by atoms with Crippen molar-refractivity contribution in [1.82, 2.24) is 0 Å². The quantitative estimate of drug-likeness (QED) is 0.500. The van der Waals surface area contributed by atoms with Crippen molar-refractivity contribution >= 4 is 33.3 Å². The number of anilines is 2. The highest BCUT2D eigenvalue weighted by molar-refractivity contribution is 7.92. The molecule has 2 N–H and O–H groups in total. The first-order chi connectivity index (χ1) is 15.8. The van der Waals surface area contributed by atoms with Crippen LogP contribution in [0.3, 0.4) is 0 Å². The summed E-state index contributed by atoms with van der Waals surface area (Å²) in [6.07, 6.45) is 1.09. The first-order valence-electron chi connectivity index (χ1n) is 10.7. The van der Waals surface area contributed by atoms with Gasteiger partial charge in [-0.1, -0.05) is 69.3 Å². The molecule has 34 heavy (non-hydrogen) atoms. The van der Waals surface area contributed by atoms with Gasteiger partial charge in [0.25, 0.3) is 0 Å². The fraction of sp³-hybridized carbons (Fsp3) is 0.231. The minimum absolute atomic E-state index is 0.00993. The summed E-state index contributed by atoms with van der Waals surface area (Å²) in [5, 5.41) is 9.34. The van der Waals surface area contributed by atoms with E-state index in [1.165, 1.54) is 4.90 Å². The molecular weight excluding hydrogens is 452 g/mol. The van der Waals surface area contributed by atoms with E-state index in [2.05, 4.69) is 25.5 Å². The molecule has 0 aromatic heterocycles. The van der Waals surface area contributed by atoms with Crippen molar-refractivity contribution in [1.29, 1.82) is 0 Å². The number of amides is 1. The van der Waals surface area contributed by atoms with Crippen molar-refractivity contribution in [3.63, 3.8) is 0 Å². The van der Waals surface area contributed by atoms with Crippen LogP contribution >= 0.6 is 0 Å². The fourth-order valence-electron chi connectivity index (χ4n) is 3.47. The second-order valence-electron chi connectivity index (χ2n) is 9.14. The number of carboxylic acid groups (broad SMARTS) is 1. The van der Waals surface area contributed by atoms with Crippen molar-refractivity contribution in [3.8, 4) is 11.1 Å². The van der Waals surface area contributed by atoms with Gasteiger partial charge in [0.2, 0.25) is 10.0 Å². The molecule has 0 radical (unpaired) electrons. The van der Waals surface area contributed by atoms with E-state index in [0.717, 1.165) is 28.5 Å². The van der Waals surface area contributed by atoms with Crippen molar-refractivity contribution in [2.24, 2.45) is 0 Å².